The highest BCUT2D eigenvalue weighted by atomic mass is 32.1. The number of halogens is 1. The molecule has 8 nitrogen and oxygen atoms in total. The number of aromatic nitrogens is 1. The molecule has 172 valence electrons. The predicted octanol–water partition coefficient (Wildman–Crippen LogP) is 3.00. The molecule has 1 aromatic carbocycles. The van der Waals surface area contributed by atoms with Crippen LogP contribution in [0.15, 0.2) is 52.4 Å². The van der Waals surface area contributed by atoms with Crippen molar-refractivity contribution in [3.05, 3.63) is 64.6 Å². The van der Waals surface area contributed by atoms with E-state index in [2.05, 4.69) is 4.98 Å². The molecule has 0 saturated carbocycles. The van der Waals surface area contributed by atoms with E-state index in [1.807, 2.05) is 11.4 Å². The molecular formula is C23H22FN3O5S. The summed E-state index contributed by atoms with van der Waals surface area (Å²) >= 11 is 1.39. The van der Waals surface area contributed by atoms with Crippen molar-refractivity contribution in [3.8, 4) is 11.3 Å². The number of amides is 2. The number of aryl methyl sites for hydroxylation is 1. The summed E-state index contributed by atoms with van der Waals surface area (Å²) < 4.78 is 23.7. The monoisotopic (exact) mass is 471 g/mol. The van der Waals surface area contributed by atoms with Crippen LogP contribution in [-0.2, 0) is 20.7 Å². The number of benzene rings is 1. The molecule has 0 atom stereocenters. The molecule has 4 rings (SSSR count). The summed E-state index contributed by atoms with van der Waals surface area (Å²) in [6.45, 7) is 1.34. The van der Waals surface area contributed by atoms with Gasteiger partial charge in [-0.25, -0.2) is 9.37 Å². The molecule has 3 heterocycles. The van der Waals surface area contributed by atoms with Gasteiger partial charge in [0.15, 0.2) is 18.3 Å². The highest BCUT2D eigenvalue weighted by molar-refractivity contribution is 7.12. The van der Waals surface area contributed by atoms with Gasteiger partial charge >= 0.3 is 5.97 Å². The lowest BCUT2D eigenvalue weighted by Gasteiger charge is -2.34. The maximum absolute atomic E-state index is 13.0. The maximum Gasteiger partial charge on any atom is 0.306 e. The van der Waals surface area contributed by atoms with Gasteiger partial charge in [0.1, 0.15) is 5.82 Å². The van der Waals surface area contributed by atoms with E-state index in [1.54, 1.807) is 28.0 Å². The third-order valence-electron chi connectivity index (χ3n) is 5.23. The molecule has 0 aliphatic carbocycles. The molecule has 1 fully saturated rings. The summed E-state index contributed by atoms with van der Waals surface area (Å²) in [7, 11) is 0. The minimum atomic E-state index is -0.531. The SMILES string of the molecule is O=C(CCc1ncc(-c2ccc(F)cc2)o1)OCC(=O)N1CCN(C(=O)c2cccs2)CC1. The van der Waals surface area contributed by atoms with Crippen LogP contribution in [0.2, 0.25) is 0 Å². The summed E-state index contributed by atoms with van der Waals surface area (Å²) in [5, 5.41) is 1.85. The Bertz CT molecular complexity index is 1110. The van der Waals surface area contributed by atoms with E-state index < -0.39 is 5.97 Å². The van der Waals surface area contributed by atoms with Gasteiger partial charge in [0.05, 0.1) is 17.5 Å². The van der Waals surface area contributed by atoms with Crippen molar-refractivity contribution >= 4 is 29.1 Å². The Labute approximate surface area is 193 Å². The molecular weight excluding hydrogens is 449 g/mol. The van der Waals surface area contributed by atoms with Crippen LogP contribution in [0, 0.1) is 5.82 Å². The summed E-state index contributed by atoms with van der Waals surface area (Å²) in [5.74, 6) is -0.366. The smallest absolute Gasteiger partial charge is 0.306 e. The molecule has 2 amide bonds. The van der Waals surface area contributed by atoms with Gasteiger partial charge < -0.3 is 19.0 Å². The van der Waals surface area contributed by atoms with E-state index in [4.69, 9.17) is 9.15 Å². The first kappa shape index (κ1) is 22.7. The third kappa shape index (κ3) is 5.83. The van der Waals surface area contributed by atoms with Gasteiger partial charge in [0.25, 0.3) is 11.8 Å². The van der Waals surface area contributed by atoms with Crippen LogP contribution in [0.1, 0.15) is 22.0 Å². The number of thiophene rings is 1. The van der Waals surface area contributed by atoms with Crippen molar-refractivity contribution < 1.29 is 27.9 Å². The number of oxazole rings is 1. The zero-order chi connectivity index (χ0) is 23.2. The topological polar surface area (TPSA) is 92.9 Å². The normalized spacial score (nSPS) is 13.7. The fourth-order valence-corrected chi connectivity index (χ4v) is 4.09. The zero-order valence-corrected chi connectivity index (χ0v) is 18.6. The van der Waals surface area contributed by atoms with Crippen LogP contribution in [-0.4, -0.2) is 65.4 Å². The number of rotatable bonds is 7. The predicted molar refractivity (Wildman–Crippen MR) is 118 cm³/mol. The first-order valence-electron chi connectivity index (χ1n) is 10.5. The van der Waals surface area contributed by atoms with Crippen LogP contribution in [0.3, 0.4) is 0 Å². The first-order valence-corrected chi connectivity index (χ1v) is 11.3. The van der Waals surface area contributed by atoms with E-state index in [9.17, 15) is 18.8 Å². The molecule has 0 bridgehead atoms. The molecule has 0 radical (unpaired) electrons. The fourth-order valence-electron chi connectivity index (χ4n) is 3.40. The molecule has 10 heteroatoms. The van der Waals surface area contributed by atoms with Crippen LogP contribution in [0.5, 0.6) is 0 Å². The number of nitrogens with zero attached hydrogens (tertiary/aromatic N) is 3. The van der Waals surface area contributed by atoms with Gasteiger partial charge in [-0.15, -0.1) is 11.3 Å². The number of carbonyl (C=O) groups is 3. The highest BCUT2D eigenvalue weighted by Crippen LogP contribution is 2.21. The number of hydrogen-bond acceptors (Lipinski definition) is 7. The second kappa shape index (κ2) is 10.4. The Balaban J connectivity index is 1.17. The third-order valence-corrected chi connectivity index (χ3v) is 6.09. The number of ether oxygens (including phenoxy) is 1. The molecule has 1 saturated heterocycles. The average molecular weight is 472 g/mol. The second-order valence-corrected chi connectivity index (χ2v) is 8.38. The molecule has 1 aliphatic rings. The minimum Gasteiger partial charge on any atom is -0.456 e. The molecule has 33 heavy (non-hydrogen) atoms. The van der Waals surface area contributed by atoms with E-state index in [0.29, 0.717) is 48.3 Å². The van der Waals surface area contributed by atoms with E-state index >= 15 is 0 Å². The van der Waals surface area contributed by atoms with E-state index in [0.717, 1.165) is 0 Å². The lowest BCUT2D eigenvalue weighted by atomic mass is 10.2. The summed E-state index contributed by atoms with van der Waals surface area (Å²) in [4.78, 5) is 44.9. The van der Waals surface area contributed by atoms with Crippen LogP contribution in [0.25, 0.3) is 11.3 Å². The molecule has 0 spiro atoms. The van der Waals surface area contributed by atoms with Gasteiger partial charge in [-0.05, 0) is 35.7 Å². The minimum absolute atomic E-state index is 0.0136. The van der Waals surface area contributed by atoms with Crippen LogP contribution >= 0.6 is 11.3 Å². The number of carbonyl (C=O) groups excluding carboxylic acids is 3. The second-order valence-electron chi connectivity index (χ2n) is 7.44. The van der Waals surface area contributed by atoms with Crippen molar-refractivity contribution in [2.75, 3.05) is 32.8 Å². The van der Waals surface area contributed by atoms with Crippen molar-refractivity contribution in [2.24, 2.45) is 0 Å². The number of esters is 1. The number of hydrogen-bond donors (Lipinski definition) is 0. The Hall–Kier alpha value is -3.53. The molecule has 1 aliphatic heterocycles. The lowest BCUT2D eigenvalue weighted by molar-refractivity contribution is -0.152. The average Bonchev–Trinajstić information content (AvgIpc) is 3.54. The highest BCUT2D eigenvalue weighted by Gasteiger charge is 2.25. The standard InChI is InChI=1S/C23H22FN3O5S/c24-17-5-3-16(4-6-17)18-14-25-20(32-18)7-8-22(29)31-15-21(28)26-9-11-27(12-10-26)23(30)19-2-1-13-33-19/h1-6,13-14H,7-12,15H2. The van der Waals surface area contributed by atoms with Crippen molar-refractivity contribution in [3.63, 3.8) is 0 Å². The molecule has 2 aromatic heterocycles. The van der Waals surface area contributed by atoms with Gasteiger partial charge in [0.2, 0.25) is 0 Å². The van der Waals surface area contributed by atoms with Gasteiger partial charge in [0, 0.05) is 38.2 Å². The summed E-state index contributed by atoms with van der Waals surface area (Å²) in [5.41, 5.74) is 0.681. The van der Waals surface area contributed by atoms with Crippen molar-refractivity contribution in [1.82, 2.24) is 14.8 Å². The maximum atomic E-state index is 13.0. The summed E-state index contributed by atoms with van der Waals surface area (Å²) in [6, 6.07) is 9.43. The van der Waals surface area contributed by atoms with Crippen molar-refractivity contribution in [1.29, 1.82) is 0 Å². The van der Waals surface area contributed by atoms with Gasteiger partial charge in [-0.1, -0.05) is 6.07 Å². The van der Waals surface area contributed by atoms with Gasteiger partial charge in [-0.2, -0.15) is 0 Å². The summed E-state index contributed by atoms with van der Waals surface area (Å²) in [6.07, 6.45) is 1.75. The lowest BCUT2D eigenvalue weighted by Crippen LogP contribution is -2.51. The van der Waals surface area contributed by atoms with Crippen LogP contribution < -0.4 is 0 Å². The largest absolute Gasteiger partial charge is 0.456 e. The molecule has 0 N–H and O–H groups in total. The number of piperazine rings is 1. The van der Waals surface area contributed by atoms with E-state index in [1.165, 1.54) is 29.7 Å². The first-order chi connectivity index (χ1) is 16.0. The fraction of sp³-hybridized carbons (Fsp3) is 0.304. The Morgan fingerprint density at radius 2 is 1.79 bits per heavy atom. The quantitative estimate of drug-likeness (QED) is 0.492. The Morgan fingerprint density at radius 1 is 1.06 bits per heavy atom. The Kier molecular flexibility index (Phi) is 7.13. The zero-order valence-electron chi connectivity index (χ0n) is 17.7. The Morgan fingerprint density at radius 3 is 2.48 bits per heavy atom. The molecule has 3 aromatic rings. The molecule has 0 unspecified atom stereocenters. The van der Waals surface area contributed by atoms with Gasteiger partial charge in [-0.3, -0.25) is 14.4 Å². The van der Waals surface area contributed by atoms with Crippen molar-refractivity contribution in [2.45, 2.75) is 12.8 Å². The van der Waals surface area contributed by atoms with Crippen LogP contribution in [0.4, 0.5) is 4.39 Å². The van der Waals surface area contributed by atoms with E-state index in [-0.39, 0.29) is 37.1 Å².